The zero-order chi connectivity index (χ0) is 14.3. The van der Waals surface area contributed by atoms with Crippen LogP contribution in [0, 0.1) is 0 Å². The van der Waals surface area contributed by atoms with Gasteiger partial charge in [-0.15, -0.1) is 0 Å². The summed E-state index contributed by atoms with van der Waals surface area (Å²) in [6, 6.07) is 7.78. The molecular weight excluding hydrogens is 270 g/mol. The highest BCUT2D eigenvalue weighted by Gasteiger charge is 2.34. The number of rotatable bonds is 2. The molecule has 0 radical (unpaired) electrons. The van der Waals surface area contributed by atoms with E-state index in [4.69, 9.17) is 17.3 Å². The number of fused-ring (bicyclic) bond motifs is 2. The van der Waals surface area contributed by atoms with E-state index in [1.165, 1.54) is 24.9 Å². The molecule has 0 amide bonds. The molecule has 3 rings (SSSR count). The molecular formula is C16H24ClN3. The topological polar surface area (TPSA) is 32.5 Å². The summed E-state index contributed by atoms with van der Waals surface area (Å²) in [5.41, 5.74) is 8.20. The largest absolute Gasteiger partial charge is 0.370 e. The molecule has 0 aromatic heterocycles. The number of nitrogens with two attached hydrogens (primary N) is 1. The third-order valence-corrected chi connectivity index (χ3v) is 5.32. The average Bonchev–Trinajstić information content (AvgIpc) is 2.62. The summed E-state index contributed by atoms with van der Waals surface area (Å²) in [4.78, 5) is 5.05. The molecule has 20 heavy (non-hydrogen) atoms. The zero-order valence-electron chi connectivity index (χ0n) is 12.3. The molecule has 2 heterocycles. The van der Waals surface area contributed by atoms with E-state index >= 15 is 0 Å². The van der Waals surface area contributed by atoms with Gasteiger partial charge in [0.1, 0.15) is 0 Å². The Hall–Kier alpha value is -0.770. The standard InChI is InChI=1S/C16H24ClN3/c1-11(18)15-6-5-13(9-16(15)17)20-8-7-12-3-4-14(10-20)19(12)2/h5-6,9,11-12,14H,3-4,7-8,10,18H2,1-2H3. The van der Waals surface area contributed by atoms with Gasteiger partial charge in [-0.1, -0.05) is 17.7 Å². The Kier molecular flexibility index (Phi) is 3.93. The van der Waals surface area contributed by atoms with Gasteiger partial charge < -0.3 is 10.6 Å². The van der Waals surface area contributed by atoms with Gasteiger partial charge >= 0.3 is 0 Å². The number of halogens is 1. The quantitative estimate of drug-likeness (QED) is 0.910. The average molecular weight is 294 g/mol. The summed E-state index contributed by atoms with van der Waals surface area (Å²) in [7, 11) is 2.28. The number of hydrogen-bond acceptors (Lipinski definition) is 3. The van der Waals surface area contributed by atoms with Crippen molar-refractivity contribution in [1.82, 2.24) is 4.90 Å². The van der Waals surface area contributed by atoms with Crippen LogP contribution in [0.2, 0.25) is 5.02 Å². The SMILES string of the molecule is CC(N)c1ccc(N2CCC3CCC(C2)N3C)cc1Cl. The second-order valence-corrected chi connectivity index (χ2v) is 6.69. The van der Waals surface area contributed by atoms with Crippen molar-refractivity contribution in [3.8, 4) is 0 Å². The lowest BCUT2D eigenvalue weighted by Gasteiger charge is -2.28. The van der Waals surface area contributed by atoms with E-state index in [1.807, 2.05) is 6.92 Å². The molecule has 4 heteroatoms. The molecule has 2 fully saturated rings. The predicted octanol–water partition coefficient (Wildman–Crippen LogP) is 3.03. The van der Waals surface area contributed by atoms with E-state index in [0.29, 0.717) is 6.04 Å². The van der Waals surface area contributed by atoms with Crippen molar-refractivity contribution in [3.05, 3.63) is 28.8 Å². The van der Waals surface area contributed by atoms with Crippen molar-refractivity contribution >= 4 is 17.3 Å². The number of benzene rings is 1. The minimum absolute atomic E-state index is 0.0113. The van der Waals surface area contributed by atoms with Gasteiger partial charge in [-0.05, 0) is 50.9 Å². The third-order valence-electron chi connectivity index (χ3n) is 4.99. The molecule has 2 N–H and O–H groups in total. The van der Waals surface area contributed by atoms with E-state index in [9.17, 15) is 0 Å². The van der Waals surface area contributed by atoms with Crippen LogP contribution >= 0.6 is 11.6 Å². The van der Waals surface area contributed by atoms with Crippen molar-refractivity contribution < 1.29 is 0 Å². The van der Waals surface area contributed by atoms with Crippen molar-refractivity contribution in [2.45, 2.75) is 44.3 Å². The van der Waals surface area contributed by atoms with Crippen LogP contribution in [0.3, 0.4) is 0 Å². The van der Waals surface area contributed by atoms with E-state index in [0.717, 1.165) is 29.7 Å². The normalized spacial score (nSPS) is 28.5. The Morgan fingerprint density at radius 1 is 1.25 bits per heavy atom. The van der Waals surface area contributed by atoms with E-state index < -0.39 is 0 Å². The highest BCUT2D eigenvalue weighted by molar-refractivity contribution is 6.31. The Balaban J connectivity index is 1.81. The van der Waals surface area contributed by atoms with Crippen LogP contribution in [0.25, 0.3) is 0 Å². The van der Waals surface area contributed by atoms with Crippen LogP contribution in [0.5, 0.6) is 0 Å². The first-order valence-corrected chi connectivity index (χ1v) is 7.96. The molecule has 3 atom stereocenters. The van der Waals surface area contributed by atoms with Crippen LogP contribution in [0.4, 0.5) is 5.69 Å². The maximum Gasteiger partial charge on any atom is 0.0474 e. The van der Waals surface area contributed by atoms with Gasteiger partial charge in [-0.25, -0.2) is 0 Å². The van der Waals surface area contributed by atoms with Gasteiger partial charge in [-0.2, -0.15) is 0 Å². The zero-order valence-corrected chi connectivity index (χ0v) is 13.1. The van der Waals surface area contributed by atoms with Crippen molar-refractivity contribution in [1.29, 1.82) is 0 Å². The lowest BCUT2D eigenvalue weighted by atomic mass is 10.1. The Morgan fingerprint density at radius 2 is 2.00 bits per heavy atom. The monoisotopic (exact) mass is 293 g/mol. The molecule has 0 aliphatic carbocycles. The first kappa shape index (κ1) is 14.2. The maximum atomic E-state index is 6.38. The van der Waals surface area contributed by atoms with Gasteiger partial charge in [-0.3, -0.25) is 4.90 Å². The molecule has 1 aromatic rings. The predicted molar refractivity (Wildman–Crippen MR) is 85.5 cm³/mol. The molecule has 2 saturated heterocycles. The fourth-order valence-corrected chi connectivity index (χ4v) is 3.97. The second-order valence-electron chi connectivity index (χ2n) is 6.28. The lowest BCUT2D eigenvalue weighted by Crippen LogP contribution is -2.36. The molecule has 2 aliphatic heterocycles. The van der Waals surface area contributed by atoms with Crippen LogP contribution in [0.15, 0.2) is 18.2 Å². The van der Waals surface area contributed by atoms with Crippen LogP contribution in [-0.2, 0) is 0 Å². The summed E-state index contributed by atoms with van der Waals surface area (Å²) in [5, 5.41) is 0.792. The van der Waals surface area contributed by atoms with E-state index in [-0.39, 0.29) is 6.04 Å². The smallest absolute Gasteiger partial charge is 0.0474 e. The number of anilines is 1. The van der Waals surface area contributed by atoms with E-state index in [2.05, 4.69) is 35.0 Å². The minimum atomic E-state index is -0.0113. The van der Waals surface area contributed by atoms with Crippen LogP contribution in [-0.4, -0.2) is 37.1 Å². The van der Waals surface area contributed by atoms with Gasteiger partial charge in [0.2, 0.25) is 0 Å². The Bertz CT molecular complexity index is 489. The Labute approximate surface area is 126 Å². The molecule has 110 valence electrons. The van der Waals surface area contributed by atoms with Crippen molar-refractivity contribution in [3.63, 3.8) is 0 Å². The van der Waals surface area contributed by atoms with Gasteiger partial charge in [0.15, 0.2) is 0 Å². The summed E-state index contributed by atoms with van der Waals surface area (Å²) < 4.78 is 0. The highest BCUT2D eigenvalue weighted by atomic mass is 35.5. The molecule has 0 saturated carbocycles. The molecule has 3 nitrogen and oxygen atoms in total. The lowest BCUT2D eigenvalue weighted by molar-refractivity contribution is 0.254. The fraction of sp³-hybridized carbons (Fsp3) is 0.625. The maximum absolute atomic E-state index is 6.38. The van der Waals surface area contributed by atoms with Crippen LogP contribution in [0.1, 0.15) is 37.8 Å². The summed E-state index contributed by atoms with van der Waals surface area (Å²) in [5.74, 6) is 0. The number of hydrogen-bond donors (Lipinski definition) is 1. The first-order valence-electron chi connectivity index (χ1n) is 7.58. The number of nitrogens with zero attached hydrogens (tertiary/aromatic N) is 2. The molecule has 0 spiro atoms. The van der Waals surface area contributed by atoms with Gasteiger partial charge in [0, 0.05) is 41.9 Å². The minimum Gasteiger partial charge on any atom is -0.370 e. The second kappa shape index (κ2) is 5.55. The van der Waals surface area contributed by atoms with Crippen molar-refractivity contribution in [2.24, 2.45) is 5.73 Å². The van der Waals surface area contributed by atoms with Crippen molar-refractivity contribution in [2.75, 3.05) is 25.0 Å². The molecule has 2 bridgehead atoms. The number of likely N-dealkylation sites (N-methyl/N-ethyl adjacent to an activating group) is 1. The third kappa shape index (κ3) is 2.54. The molecule has 3 unspecified atom stereocenters. The molecule has 1 aromatic carbocycles. The van der Waals surface area contributed by atoms with Gasteiger partial charge in [0.25, 0.3) is 0 Å². The summed E-state index contributed by atoms with van der Waals surface area (Å²) in [6.45, 7) is 4.21. The fourth-order valence-electron chi connectivity index (χ4n) is 3.63. The van der Waals surface area contributed by atoms with Crippen LogP contribution < -0.4 is 10.6 Å². The molecule has 2 aliphatic rings. The summed E-state index contributed by atoms with van der Waals surface area (Å²) >= 11 is 6.38. The summed E-state index contributed by atoms with van der Waals surface area (Å²) in [6.07, 6.45) is 3.93. The van der Waals surface area contributed by atoms with E-state index in [1.54, 1.807) is 0 Å². The highest BCUT2D eigenvalue weighted by Crippen LogP contribution is 2.32. The first-order chi connectivity index (χ1) is 9.56. The van der Waals surface area contributed by atoms with Gasteiger partial charge in [0.05, 0.1) is 0 Å². The Morgan fingerprint density at radius 3 is 2.70 bits per heavy atom.